The lowest BCUT2D eigenvalue weighted by Crippen LogP contribution is -2.32. The number of nitrogens with zero attached hydrogens (tertiary/aromatic N) is 2. The van der Waals surface area contributed by atoms with Gasteiger partial charge in [-0.1, -0.05) is 12.1 Å². The van der Waals surface area contributed by atoms with E-state index in [0.29, 0.717) is 30.0 Å². The number of likely N-dealkylation sites (tertiary alicyclic amines) is 1. The smallest absolute Gasteiger partial charge is 0.291 e. The van der Waals surface area contributed by atoms with Gasteiger partial charge in [-0.3, -0.25) is 14.4 Å². The molecule has 0 radical (unpaired) electrons. The summed E-state index contributed by atoms with van der Waals surface area (Å²) in [5, 5.41) is 0. The van der Waals surface area contributed by atoms with Crippen LogP contribution in [0.3, 0.4) is 0 Å². The van der Waals surface area contributed by atoms with Gasteiger partial charge in [0.05, 0.1) is 13.4 Å². The van der Waals surface area contributed by atoms with E-state index in [1.165, 1.54) is 18.3 Å². The molecular formula is C21H24N2O5. The molecule has 1 amide bonds. The van der Waals surface area contributed by atoms with Crippen molar-refractivity contribution in [2.45, 2.75) is 12.5 Å². The Labute approximate surface area is 163 Å². The second-order valence-electron chi connectivity index (χ2n) is 7.05. The Hall–Kier alpha value is -2.93. The lowest BCUT2D eigenvalue weighted by Gasteiger charge is -2.25. The van der Waals surface area contributed by atoms with E-state index in [-0.39, 0.29) is 0 Å². The first-order chi connectivity index (χ1) is 13.4. The van der Waals surface area contributed by atoms with Crippen molar-refractivity contribution in [1.82, 2.24) is 9.80 Å². The molecule has 3 rings (SSSR count). The van der Waals surface area contributed by atoms with Crippen molar-refractivity contribution in [1.29, 1.82) is 0 Å². The number of furan rings is 1. The quantitative estimate of drug-likeness (QED) is 0.394. The first-order valence-electron chi connectivity index (χ1n) is 9.15. The molecule has 0 saturated carbocycles. The minimum atomic E-state index is -1.13. The van der Waals surface area contributed by atoms with Crippen LogP contribution in [-0.2, 0) is 9.59 Å². The molecule has 7 nitrogen and oxygen atoms in total. The SMILES string of the molecule is COc1cccc(C(=O)C2C(=O)C(=O)N(CCCN(C)C)C2c2ccco2)c1. The van der Waals surface area contributed by atoms with Gasteiger partial charge >= 0.3 is 0 Å². The van der Waals surface area contributed by atoms with E-state index in [1.807, 2.05) is 19.0 Å². The van der Waals surface area contributed by atoms with Gasteiger partial charge in [-0.25, -0.2) is 0 Å². The molecule has 0 aliphatic carbocycles. The molecule has 1 aromatic heterocycles. The average molecular weight is 384 g/mol. The Morgan fingerprint density at radius 1 is 1.21 bits per heavy atom. The first-order valence-corrected chi connectivity index (χ1v) is 9.15. The standard InChI is InChI=1S/C21H24N2O5/c1-22(2)10-6-11-23-18(16-9-5-12-28-16)17(20(25)21(23)26)19(24)14-7-4-8-15(13-14)27-3/h4-5,7-9,12-13,17-18H,6,10-11H2,1-3H3. The Morgan fingerprint density at radius 2 is 2.00 bits per heavy atom. The highest BCUT2D eigenvalue weighted by Crippen LogP contribution is 2.38. The Morgan fingerprint density at radius 3 is 2.64 bits per heavy atom. The summed E-state index contributed by atoms with van der Waals surface area (Å²) in [6.07, 6.45) is 2.16. The molecule has 1 fully saturated rings. The van der Waals surface area contributed by atoms with Crippen molar-refractivity contribution in [3.05, 3.63) is 54.0 Å². The van der Waals surface area contributed by atoms with Crippen molar-refractivity contribution < 1.29 is 23.5 Å². The Kier molecular flexibility index (Phi) is 5.94. The summed E-state index contributed by atoms with van der Waals surface area (Å²) >= 11 is 0. The number of carbonyl (C=O) groups is 3. The van der Waals surface area contributed by atoms with Crippen LogP contribution in [0.25, 0.3) is 0 Å². The van der Waals surface area contributed by atoms with Crippen molar-refractivity contribution >= 4 is 17.5 Å². The summed E-state index contributed by atoms with van der Waals surface area (Å²) in [5.41, 5.74) is 0.331. The molecule has 28 heavy (non-hydrogen) atoms. The Balaban J connectivity index is 1.94. The van der Waals surface area contributed by atoms with Gasteiger partial charge in [-0.15, -0.1) is 0 Å². The van der Waals surface area contributed by atoms with Gasteiger partial charge in [-0.2, -0.15) is 0 Å². The molecule has 2 heterocycles. The average Bonchev–Trinajstić information content (AvgIpc) is 3.29. The van der Waals surface area contributed by atoms with Gasteiger partial charge in [-0.05, 0) is 51.3 Å². The van der Waals surface area contributed by atoms with Crippen LogP contribution in [-0.4, -0.2) is 61.6 Å². The summed E-state index contributed by atoms with van der Waals surface area (Å²) < 4.78 is 10.7. The fraction of sp³-hybridized carbons (Fsp3) is 0.381. The second-order valence-corrected chi connectivity index (χ2v) is 7.05. The summed E-state index contributed by atoms with van der Waals surface area (Å²) in [7, 11) is 5.39. The third kappa shape index (κ3) is 3.84. The zero-order chi connectivity index (χ0) is 20.3. The maximum atomic E-state index is 13.2. The number of ketones is 2. The van der Waals surface area contributed by atoms with Gasteiger partial charge in [0.15, 0.2) is 5.78 Å². The molecule has 1 aliphatic heterocycles. The molecular weight excluding hydrogens is 360 g/mol. The fourth-order valence-corrected chi connectivity index (χ4v) is 3.52. The molecule has 148 valence electrons. The predicted molar refractivity (Wildman–Crippen MR) is 102 cm³/mol. The van der Waals surface area contributed by atoms with E-state index in [4.69, 9.17) is 9.15 Å². The summed E-state index contributed by atoms with van der Waals surface area (Å²) in [6.45, 7) is 1.13. The van der Waals surface area contributed by atoms with Crippen molar-refractivity contribution in [2.75, 3.05) is 34.3 Å². The van der Waals surface area contributed by atoms with Crippen LogP contribution < -0.4 is 4.74 Å². The van der Waals surface area contributed by atoms with Crippen molar-refractivity contribution in [3.8, 4) is 5.75 Å². The molecule has 2 unspecified atom stereocenters. The number of benzene rings is 1. The second kappa shape index (κ2) is 8.39. The van der Waals surface area contributed by atoms with E-state index >= 15 is 0 Å². The maximum absolute atomic E-state index is 13.2. The molecule has 0 spiro atoms. The fourth-order valence-electron chi connectivity index (χ4n) is 3.52. The van der Waals surface area contributed by atoms with Crippen molar-refractivity contribution in [2.24, 2.45) is 5.92 Å². The van der Waals surface area contributed by atoms with E-state index < -0.39 is 29.4 Å². The van der Waals surface area contributed by atoms with E-state index in [1.54, 1.807) is 36.4 Å². The van der Waals surface area contributed by atoms with Crippen LogP contribution in [0.5, 0.6) is 5.75 Å². The zero-order valence-corrected chi connectivity index (χ0v) is 16.3. The van der Waals surface area contributed by atoms with Gasteiger partial charge in [0, 0.05) is 12.1 Å². The molecule has 2 atom stereocenters. The van der Waals surface area contributed by atoms with Gasteiger partial charge in [0.2, 0.25) is 5.78 Å². The number of hydrogen-bond donors (Lipinski definition) is 0. The maximum Gasteiger partial charge on any atom is 0.291 e. The molecule has 7 heteroatoms. The number of ether oxygens (including phenoxy) is 1. The molecule has 1 saturated heterocycles. The highest BCUT2D eigenvalue weighted by molar-refractivity contribution is 6.44. The van der Waals surface area contributed by atoms with Gasteiger partial charge in [0.25, 0.3) is 5.91 Å². The van der Waals surface area contributed by atoms with Crippen LogP contribution in [0.15, 0.2) is 47.1 Å². The van der Waals surface area contributed by atoms with E-state index in [0.717, 1.165) is 6.54 Å². The summed E-state index contributed by atoms with van der Waals surface area (Å²) in [5.74, 6) is -1.93. The van der Waals surface area contributed by atoms with Gasteiger partial charge in [0.1, 0.15) is 23.5 Å². The molecule has 2 aromatic rings. The monoisotopic (exact) mass is 384 g/mol. The third-order valence-corrected chi connectivity index (χ3v) is 4.88. The summed E-state index contributed by atoms with van der Waals surface area (Å²) in [4.78, 5) is 42.2. The van der Waals surface area contributed by atoms with Crippen LogP contribution in [0.2, 0.25) is 0 Å². The minimum Gasteiger partial charge on any atom is -0.497 e. The van der Waals surface area contributed by atoms with Gasteiger partial charge < -0.3 is 19.0 Å². The number of hydrogen-bond acceptors (Lipinski definition) is 6. The molecule has 1 aliphatic rings. The number of rotatable bonds is 8. The van der Waals surface area contributed by atoms with Crippen LogP contribution >= 0.6 is 0 Å². The van der Waals surface area contributed by atoms with Crippen molar-refractivity contribution in [3.63, 3.8) is 0 Å². The van der Waals surface area contributed by atoms with E-state index in [2.05, 4.69) is 0 Å². The number of Topliss-reactive ketones (excluding diaryl/α,β-unsaturated/α-hetero) is 2. The van der Waals surface area contributed by atoms with E-state index in [9.17, 15) is 14.4 Å². The third-order valence-electron chi connectivity index (χ3n) is 4.88. The number of methoxy groups -OCH3 is 1. The molecule has 0 N–H and O–H groups in total. The lowest BCUT2D eigenvalue weighted by molar-refractivity contribution is -0.140. The van der Waals surface area contributed by atoms with Crippen LogP contribution in [0, 0.1) is 5.92 Å². The largest absolute Gasteiger partial charge is 0.497 e. The highest BCUT2D eigenvalue weighted by atomic mass is 16.5. The first kappa shape index (κ1) is 19.8. The lowest BCUT2D eigenvalue weighted by atomic mass is 9.88. The highest BCUT2D eigenvalue weighted by Gasteiger charge is 2.52. The minimum absolute atomic E-state index is 0.331. The molecule has 0 bridgehead atoms. The van der Waals surface area contributed by atoms with Crippen LogP contribution in [0.1, 0.15) is 28.6 Å². The predicted octanol–water partition coefficient (Wildman–Crippen LogP) is 2.19. The topological polar surface area (TPSA) is 80.1 Å². The summed E-state index contributed by atoms with van der Waals surface area (Å²) in [6, 6.07) is 9.25. The number of carbonyl (C=O) groups excluding carboxylic acids is 3. The zero-order valence-electron chi connectivity index (χ0n) is 16.3. The Bertz CT molecular complexity index is 859. The molecule has 1 aromatic carbocycles. The van der Waals surface area contributed by atoms with Crippen LogP contribution in [0.4, 0.5) is 0 Å². The number of amides is 1. The normalized spacial score (nSPS) is 19.5.